The first-order valence-corrected chi connectivity index (χ1v) is 8.07. The molecule has 1 aromatic carbocycles. The summed E-state index contributed by atoms with van der Waals surface area (Å²) in [6.07, 6.45) is 4.22. The summed E-state index contributed by atoms with van der Waals surface area (Å²) in [5.74, 6) is 2.64. The minimum absolute atomic E-state index is 0.340. The Morgan fingerprint density at radius 1 is 1.29 bits per heavy atom. The zero-order valence-corrected chi connectivity index (χ0v) is 13.1. The molecule has 0 radical (unpaired) electrons. The summed E-state index contributed by atoms with van der Waals surface area (Å²) in [6, 6.07) is 6.63. The van der Waals surface area contributed by atoms with Crippen LogP contribution in [0.2, 0.25) is 0 Å². The van der Waals surface area contributed by atoms with Crippen molar-refractivity contribution in [2.24, 2.45) is 5.92 Å². The summed E-state index contributed by atoms with van der Waals surface area (Å²) in [5.41, 5.74) is 1.28. The number of nitrogens with zero attached hydrogens (tertiary/aromatic N) is 1. The van der Waals surface area contributed by atoms with Crippen molar-refractivity contribution >= 4 is 0 Å². The van der Waals surface area contributed by atoms with Crippen LogP contribution in [0.25, 0.3) is 0 Å². The van der Waals surface area contributed by atoms with Gasteiger partial charge in [0.2, 0.25) is 6.79 Å². The van der Waals surface area contributed by atoms with E-state index in [0.717, 1.165) is 30.5 Å². The fourth-order valence-corrected chi connectivity index (χ4v) is 3.17. The highest BCUT2D eigenvalue weighted by Gasteiger charge is 2.22. The van der Waals surface area contributed by atoms with Gasteiger partial charge in [-0.25, -0.2) is 0 Å². The Morgan fingerprint density at radius 2 is 2.10 bits per heavy atom. The highest BCUT2D eigenvalue weighted by molar-refractivity contribution is 5.45. The molecule has 1 saturated carbocycles. The molecule has 1 unspecified atom stereocenters. The van der Waals surface area contributed by atoms with Gasteiger partial charge < -0.3 is 19.7 Å². The van der Waals surface area contributed by atoms with E-state index in [9.17, 15) is 0 Å². The Labute approximate surface area is 127 Å². The highest BCUT2D eigenvalue weighted by Crippen LogP contribution is 2.34. The summed E-state index contributed by atoms with van der Waals surface area (Å²) in [6.45, 7) is 5.71. The fourth-order valence-electron chi connectivity index (χ4n) is 3.17. The smallest absolute Gasteiger partial charge is 0.231 e. The zero-order chi connectivity index (χ0) is 14.7. The van der Waals surface area contributed by atoms with E-state index in [4.69, 9.17) is 9.47 Å². The molecule has 4 heteroatoms. The van der Waals surface area contributed by atoms with Gasteiger partial charge in [-0.1, -0.05) is 19.4 Å². The van der Waals surface area contributed by atoms with E-state index in [2.05, 4.69) is 36.3 Å². The third kappa shape index (κ3) is 3.50. The van der Waals surface area contributed by atoms with Gasteiger partial charge in [0, 0.05) is 19.1 Å². The van der Waals surface area contributed by atoms with Gasteiger partial charge in [0.1, 0.15) is 0 Å². The standard InChI is InChI=1S/C17H26N2O2/c1-3-18-15(11-19(2)10-13-5-4-6-13)14-7-8-16-17(9-14)21-12-20-16/h7-9,13,15,18H,3-6,10-12H2,1-2H3. The van der Waals surface area contributed by atoms with Gasteiger partial charge in [0.05, 0.1) is 0 Å². The maximum atomic E-state index is 5.50. The molecule has 3 rings (SSSR count). The first kappa shape index (κ1) is 14.7. The van der Waals surface area contributed by atoms with Gasteiger partial charge in [-0.3, -0.25) is 0 Å². The van der Waals surface area contributed by atoms with E-state index in [1.54, 1.807) is 0 Å². The summed E-state index contributed by atoms with van der Waals surface area (Å²) in [7, 11) is 2.23. The molecule has 1 aromatic rings. The van der Waals surface area contributed by atoms with Crippen molar-refractivity contribution in [2.45, 2.75) is 32.2 Å². The van der Waals surface area contributed by atoms with Crippen molar-refractivity contribution in [3.05, 3.63) is 23.8 Å². The third-order valence-electron chi connectivity index (χ3n) is 4.54. The number of likely N-dealkylation sites (N-methyl/N-ethyl adjacent to an activating group) is 2. The minimum Gasteiger partial charge on any atom is -0.454 e. The highest BCUT2D eigenvalue weighted by atomic mass is 16.7. The average Bonchev–Trinajstić information content (AvgIpc) is 2.90. The van der Waals surface area contributed by atoms with Gasteiger partial charge in [0.25, 0.3) is 0 Å². The second-order valence-corrected chi connectivity index (χ2v) is 6.24. The van der Waals surface area contributed by atoms with Crippen LogP contribution in [0.1, 0.15) is 37.8 Å². The Bertz CT molecular complexity index is 474. The van der Waals surface area contributed by atoms with Crippen LogP contribution in [-0.4, -0.2) is 38.4 Å². The maximum absolute atomic E-state index is 5.50. The molecular weight excluding hydrogens is 264 g/mol. The lowest BCUT2D eigenvalue weighted by molar-refractivity contribution is 0.173. The fraction of sp³-hybridized carbons (Fsp3) is 0.647. The normalized spacial score (nSPS) is 18.8. The lowest BCUT2D eigenvalue weighted by Gasteiger charge is -2.32. The van der Waals surface area contributed by atoms with Crippen LogP contribution in [0.15, 0.2) is 18.2 Å². The first-order valence-electron chi connectivity index (χ1n) is 8.07. The Kier molecular flexibility index (Phi) is 4.66. The molecular formula is C17H26N2O2. The number of rotatable bonds is 7. The number of ether oxygens (including phenoxy) is 2. The molecule has 2 aliphatic rings. The van der Waals surface area contributed by atoms with Gasteiger partial charge in [-0.15, -0.1) is 0 Å². The molecule has 0 amide bonds. The molecule has 1 atom stereocenters. The van der Waals surface area contributed by atoms with Crippen molar-refractivity contribution in [3.63, 3.8) is 0 Å². The Hall–Kier alpha value is -1.26. The van der Waals surface area contributed by atoms with Crippen LogP contribution in [-0.2, 0) is 0 Å². The Balaban J connectivity index is 1.65. The minimum atomic E-state index is 0.340. The molecule has 1 aliphatic carbocycles. The summed E-state index contributed by atoms with van der Waals surface area (Å²) in [5, 5.41) is 3.59. The molecule has 1 heterocycles. The molecule has 0 aromatic heterocycles. The predicted molar refractivity (Wildman–Crippen MR) is 83.8 cm³/mol. The molecule has 1 aliphatic heterocycles. The largest absolute Gasteiger partial charge is 0.454 e. The molecule has 1 fully saturated rings. The van der Waals surface area contributed by atoms with Crippen LogP contribution in [0.3, 0.4) is 0 Å². The second kappa shape index (κ2) is 6.67. The number of fused-ring (bicyclic) bond motifs is 1. The van der Waals surface area contributed by atoms with Crippen LogP contribution in [0.4, 0.5) is 0 Å². The van der Waals surface area contributed by atoms with E-state index in [-0.39, 0.29) is 0 Å². The first-order chi connectivity index (χ1) is 10.3. The third-order valence-corrected chi connectivity index (χ3v) is 4.54. The summed E-state index contributed by atoms with van der Waals surface area (Å²) >= 11 is 0. The van der Waals surface area contributed by atoms with E-state index < -0.39 is 0 Å². The van der Waals surface area contributed by atoms with Crippen LogP contribution in [0, 0.1) is 5.92 Å². The SMILES string of the molecule is CCNC(CN(C)CC1CCC1)c1ccc2c(c1)OCO2. The Morgan fingerprint density at radius 3 is 2.81 bits per heavy atom. The van der Waals surface area contributed by atoms with Crippen molar-refractivity contribution in [3.8, 4) is 11.5 Å². The zero-order valence-electron chi connectivity index (χ0n) is 13.1. The van der Waals surface area contributed by atoms with E-state index in [0.29, 0.717) is 12.8 Å². The topological polar surface area (TPSA) is 33.7 Å². The average molecular weight is 290 g/mol. The lowest BCUT2D eigenvalue weighted by atomic mass is 9.85. The monoisotopic (exact) mass is 290 g/mol. The van der Waals surface area contributed by atoms with Crippen molar-refractivity contribution in [1.82, 2.24) is 10.2 Å². The number of hydrogen-bond acceptors (Lipinski definition) is 4. The lowest BCUT2D eigenvalue weighted by Crippen LogP contribution is -2.37. The number of benzene rings is 1. The van der Waals surface area contributed by atoms with Crippen molar-refractivity contribution < 1.29 is 9.47 Å². The maximum Gasteiger partial charge on any atom is 0.231 e. The van der Waals surface area contributed by atoms with Gasteiger partial charge in [-0.2, -0.15) is 0 Å². The quantitative estimate of drug-likeness (QED) is 0.837. The molecule has 4 nitrogen and oxygen atoms in total. The number of hydrogen-bond donors (Lipinski definition) is 1. The predicted octanol–water partition coefficient (Wildman–Crippen LogP) is 2.80. The molecule has 0 saturated heterocycles. The second-order valence-electron chi connectivity index (χ2n) is 6.24. The molecule has 0 bridgehead atoms. The van der Waals surface area contributed by atoms with Crippen molar-refractivity contribution in [1.29, 1.82) is 0 Å². The van der Waals surface area contributed by atoms with Gasteiger partial charge in [-0.05, 0) is 50.0 Å². The summed E-state index contributed by atoms with van der Waals surface area (Å²) in [4.78, 5) is 2.46. The molecule has 21 heavy (non-hydrogen) atoms. The molecule has 116 valence electrons. The van der Waals surface area contributed by atoms with Crippen LogP contribution >= 0.6 is 0 Å². The summed E-state index contributed by atoms with van der Waals surface area (Å²) < 4.78 is 10.9. The van der Waals surface area contributed by atoms with E-state index in [1.165, 1.54) is 31.4 Å². The van der Waals surface area contributed by atoms with Crippen LogP contribution < -0.4 is 14.8 Å². The van der Waals surface area contributed by atoms with Gasteiger partial charge in [0.15, 0.2) is 11.5 Å². The van der Waals surface area contributed by atoms with E-state index in [1.807, 2.05) is 6.07 Å². The van der Waals surface area contributed by atoms with Gasteiger partial charge >= 0.3 is 0 Å². The van der Waals surface area contributed by atoms with Crippen molar-refractivity contribution in [2.75, 3.05) is 33.5 Å². The molecule has 1 N–H and O–H groups in total. The van der Waals surface area contributed by atoms with E-state index >= 15 is 0 Å². The van der Waals surface area contributed by atoms with Crippen LogP contribution in [0.5, 0.6) is 11.5 Å². The number of nitrogens with one attached hydrogen (secondary N) is 1. The molecule has 0 spiro atoms.